The van der Waals surface area contributed by atoms with Gasteiger partial charge in [-0.2, -0.15) is 0 Å². The summed E-state index contributed by atoms with van der Waals surface area (Å²) in [5.74, 6) is 4.13. The van der Waals surface area contributed by atoms with Gasteiger partial charge in [0.1, 0.15) is 0 Å². The minimum Gasteiger partial charge on any atom is -0.0654 e. The third-order valence-electron chi connectivity index (χ3n) is 8.63. The minimum atomic E-state index is 0.592. The molecule has 0 N–H and O–H groups in total. The molecule has 0 aliphatic heterocycles. The first-order valence-electron chi connectivity index (χ1n) is 12.4. The highest BCUT2D eigenvalue weighted by Crippen LogP contribution is 2.46. The molecule has 0 heteroatoms. The average Bonchev–Trinajstić information content (AvgIpc) is 2.73. The molecule has 2 aromatic carbocycles. The first-order valence-corrected chi connectivity index (χ1v) is 12.4. The Hall–Kier alpha value is -1.56. The van der Waals surface area contributed by atoms with Gasteiger partial charge in [0.2, 0.25) is 0 Å². The van der Waals surface area contributed by atoms with Crippen molar-refractivity contribution in [3.63, 3.8) is 0 Å². The fourth-order valence-corrected chi connectivity index (χ4v) is 6.13. The predicted molar refractivity (Wildman–Crippen MR) is 133 cm³/mol. The third-order valence-corrected chi connectivity index (χ3v) is 8.63. The maximum Gasteiger partial charge on any atom is -0.00925 e. The number of rotatable bonds is 7. The van der Waals surface area contributed by atoms with Gasteiger partial charge in [-0.1, -0.05) is 96.3 Å². The van der Waals surface area contributed by atoms with E-state index in [1.165, 1.54) is 42.4 Å². The predicted octanol–water partition coefficient (Wildman–Crippen LogP) is 8.95. The van der Waals surface area contributed by atoms with E-state index >= 15 is 0 Å². The smallest absolute Gasteiger partial charge is 0.00925 e. The summed E-state index contributed by atoms with van der Waals surface area (Å²) in [5.41, 5.74) is 9.34. The van der Waals surface area contributed by atoms with E-state index in [0.717, 1.165) is 11.8 Å². The van der Waals surface area contributed by atoms with Gasteiger partial charge < -0.3 is 0 Å². The van der Waals surface area contributed by atoms with Gasteiger partial charge in [-0.05, 0) is 90.0 Å². The molecule has 0 radical (unpaired) electrons. The van der Waals surface area contributed by atoms with Gasteiger partial charge in [-0.3, -0.25) is 0 Å². The van der Waals surface area contributed by atoms with E-state index in [1.807, 2.05) is 0 Å². The van der Waals surface area contributed by atoms with Crippen molar-refractivity contribution in [3.8, 4) is 0 Å². The Labute approximate surface area is 186 Å². The van der Waals surface area contributed by atoms with Crippen LogP contribution in [0.5, 0.6) is 0 Å². The van der Waals surface area contributed by atoms with Crippen LogP contribution in [0.15, 0.2) is 36.4 Å². The second kappa shape index (κ2) is 9.71. The Kier molecular flexibility index (Phi) is 7.48. The summed E-state index contributed by atoms with van der Waals surface area (Å²) in [6.07, 6.45) is 5.14. The molecule has 3 rings (SSSR count). The summed E-state index contributed by atoms with van der Waals surface area (Å²) in [5, 5.41) is 0. The first kappa shape index (κ1) is 23.1. The lowest BCUT2D eigenvalue weighted by Crippen LogP contribution is -2.25. The molecule has 0 amide bonds. The Morgan fingerprint density at radius 2 is 1.57 bits per heavy atom. The molecule has 0 fully saturated rings. The highest BCUT2D eigenvalue weighted by atomic mass is 14.4. The van der Waals surface area contributed by atoms with E-state index in [9.17, 15) is 0 Å². The van der Waals surface area contributed by atoms with Crippen molar-refractivity contribution in [1.82, 2.24) is 0 Å². The van der Waals surface area contributed by atoms with Crippen LogP contribution in [0.1, 0.15) is 112 Å². The fraction of sp³-hybridized carbons (Fsp3) is 0.600. The van der Waals surface area contributed by atoms with Crippen molar-refractivity contribution < 1.29 is 0 Å². The zero-order chi connectivity index (χ0) is 22.0. The number of hydrogen-bond acceptors (Lipinski definition) is 0. The average molecular weight is 405 g/mol. The van der Waals surface area contributed by atoms with Crippen molar-refractivity contribution in [1.29, 1.82) is 0 Å². The standard InChI is InChI=1S/C30H44/c1-9-10-20(3)22(5)23(6)24(7)30-21(4)13-16-28-25(8)27(17-18-29(28)30)26-14-11-19(2)12-15-26/h11-16,20,22-25,27H,9-10,17-18H2,1-8H3. The lowest BCUT2D eigenvalue weighted by molar-refractivity contribution is 0.237. The SMILES string of the molecule is CCCC(C)C(C)C(C)C(C)c1c(C)ccc2c1CCC(c1ccc(C)cc1)C2C. The van der Waals surface area contributed by atoms with Gasteiger partial charge in [0, 0.05) is 0 Å². The normalized spacial score (nSPS) is 22.8. The molecule has 6 atom stereocenters. The summed E-state index contributed by atoms with van der Waals surface area (Å²) in [6.45, 7) is 19.3. The summed E-state index contributed by atoms with van der Waals surface area (Å²) in [6, 6.07) is 14.1. The Morgan fingerprint density at radius 1 is 0.900 bits per heavy atom. The Balaban J connectivity index is 1.91. The maximum atomic E-state index is 2.50. The quantitative estimate of drug-likeness (QED) is 0.432. The molecular weight excluding hydrogens is 360 g/mol. The summed E-state index contributed by atoms with van der Waals surface area (Å²) >= 11 is 0. The third kappa shape index (κ3) is 4.53. The molecule has 0 saturated carbocycles. The van der Waals surface area contributed by atoms with Crippen LogP contribution < -0.4 is 0 Å². The van der Waals surface area contributed by atoms with Gasteiger partial charge in [0.05, 0.1) is 0 Å². The number of benzene rings is 2. The van der Waals surface area contributed by atoms with Gasteiger partial charge in [0.15, 0.2) is 0 Å². The molecule has 1 aliphatic rings. The Morgan fingerprint density at radius 3 is 2.20 bits per heavy atom. The van der Waals surface area contributed by atoms with Crippen molar-refractivity contribution in [2.24, 2.45) is 17.8 Å². The molecule has 6 unspecified atom stereocenters. The number of aryl methyl sites for hydroxylation is 2. The summed E-state index contributed by atoms with van der Waals surface area (Å²) in [7, 11) is 0. The van der Waals surface area contributed by atoms with Crippen LogP contribution in [0.4, 0.5) is 0 Å². The maximum absolute atomic E-state index is 2.50. The van der Waals surface area contributed by atoms with Crippen LogP contribution in [0.3, 0.4) is 0 Å². The molecule has 0 heterocycles. The van der Waals surface area contributed by atoms with Crippen LogP contribution >= 0.6 is 0 Å². The second-order valence-electron chi connectivity index (χ2n) is 10.5. The molecule has 30 heavy (non-hydrogen) atoms. The lowest BCUT2D eigenvalue weighted by atomic mass is 9.67. The monoisotopic (exact) mass is 404 g/mol. The van der Waals surface area contributed by atoms with Crippen molar-refractivity contribution in [2.75, 3.05) is 0 Å². The zero-order valence-corrected chi connectivity index (χ0v) is 20.8. The van der Waals surface area contributed by atoms with Crippen molar-refractivity contribution in [2.45, 2.75) is 98.8 Å². The highest BCUT2D eigenvalue weighted by Gasteiger charge is 2.32. The van der Waals surface area contributed by atoms with Crippen LogP contribution in [0, 0.1) is 31.6 Å². The molecule has 0 aromatic heterocycles. The van der Waals surface area contributed by atoms with E-state index < -0.39 is 0 Å². The minimum absolute atomic E-state index is 0.592. The molecule has 0 saturated heterocycles. The van der Waals surface area contributed by atoms with Crippen LogP contribution in [-0.2, 0) is 6.42 Å². The molecular formula is C30H44. The summed E-state index contributed by atoms with van der Waals surface area (Å²) in [4.78, 5) is 0. The van der Waals surface area contributed by atoms with E-state index in [-0.39, 0.29) is 0 Å². The highest BCUT2D eigenvalue weighted by molar-refractivity contribution is 5.47. The Bertz CT molecular complexity index is 828. The van der Waals surface area contributed by atoms with Crippen molar-refractivity contribution in [3.05, 3.63) is 69.8 Å². The molecule has 0 spiro atoms. The van der Waals surface area contributed by atoms with Crippen LogP contribution in [-0.4, -0.2) is 0 Å². The molecule has 164 valence electrons. The fourth-order valence-electron chi connectivity index (χ4n) is 6.13. The van der Waals surface area contributed by atoms with Gasteiger partial charge in [-0.15, -0.1) is 0 Å². The van der Waals surface area contributed by atoms with E-state index in [0.29, 0.717) is 23.7 Å². The molecule has 2 aromatic rings. The van der Waals surface area contributed by atoms with Crippen LogP contribution in [0.2, 0.25) is 0 Å². The summed E-state index contributed by atoms with van der Waals surface area (Å²) < 4.78 is 0. The number of fused-ring (bicyclic) bond motifs is 1. The van der Waals surface area contributed by atoms with Crippen LogP contribution in [0.25, 0.3) is 0 Å². The second-order valence-corrected chi connectivity index (χ2v) is 10.5. The van der Waals surface area contributed by atoms with E-state index in [2.05, 4.69) is 91.8 Å². The number of hydrogen-bond donors (Lipinski definition) is 0. The van der Waals surface area contributed by atoms with Gasteiger partial charge in [-0.25, -0.2) is 0 Å². The lowest BCUT2D eigenvalue weighted by Gasteiger charge is -2.37. The van der Waals surface area contributed by atoms with Gasteiger partial charge >= 0.3 is 0 Å². The zero-order valence-electron chi connectivity index (χ0n) is 20.8. The van der Waals surface area contributed by atoms with Crippen molar-refractivity contribution >= 4 is 0 Å². The first-order chi connectivity index (χ1) is 14.3. The topological polar surface area (TPSA) is 0 Å². The van der Waals surface area contributed by atoms with E-state index in [4.69, 9.17) is 0 Å². The molecule has 0 nitrogen and oxygen atoms in total. The molecule has 1 aliphatic carbocycles. The molecule has 0 bridgehead atoms. The van der Waals surface area contributed by atoms with Gasteiger partial charge in [0.25, 0.3) is 0 Å². The largest absolute Gasteiger partial charge is 0.0654 e. The van der Waals surface area contributed by atoms with E-state index in [1.54, 1.807) is 16.7 Å².